The Kier molecular flexibility index (Phi) is 7.16. The highest BCUT2D eigenvalue weighted by molar-refractivity contribution is 6.03. The number of methoxy groups -OCH3 is 1. The van der Waals surface area contributed by atoms with Crippen molar-refractivity contribution in [3.05, 3.63) is 94.9 Å². The number of ether oxygens (including phenoxy) is 3. The summed E-state index contributed by atoms with van der Waals surface area (Å²) in [6.07, 6.45) is 3.54. The Bertz CT molecular complexity index is 1160. The molecule has 1 N–H and O–H groups in total. The lowest BCUT2D eigenvalue weighted by atomic mass is 9.75. The minimum atomic E-state index is -0.543. The molecule has 2 aliphatic rings. The second-order valence-electron chi connectivity index (χ2n) is 8.34. The molecule has 0 unspecified atom stereocenters. The summed E-state index contributed by atoms with van der Waals surface area (Å²) in [4.78, 5) is 26.1. The van der Waals surface area contributed by atoms with Gasteiger partial charge in [0.1, 0.15) is 13.2 Å². The Morgan fingerprint density at radius 2 is 1.94 bits per heavy atom. The first-order valence-electron chi connectivity index (χ1n) is 11.4. The van der Waals surface area contributed by atoms with Gasteiger partial charge in [-0.25, -0.2) is 4.79 Å². The van der Waals surface area contributed by atoms with Crippen LogP contribution in [-0.4, -0.2) is 25.5 Å². The lowest BCUT2D eigenvalue weighted by Crippen LogP contribution is -2.34. The third-order valence-electron chi connectivity index (χ3n) is 6.09. The third-order valence-corrected chi connectivity index (χ3v) is 6.09. The van der Waals surface area contributed by atoms with Gasteiger partial charge in [0.05, 0.1) is 12.7 Å². The Morgan fingerprint density at radius 3 is 2.68 bits per heavy atom. The van der Waals surface area contributed by atoms with Gasteiger partial charge in [0.2, 0.25) is 0 Å². The van der Waals surface area contributed by atoms with Gasteiger partial charge in [0.25, 0.3) is 0 Å². The number of carbonyl (C=O) groups excluding carboxylic acids is 2. The minimum absolute atomic E-state index is 0.0450. The van der Waals surface area contributed by atoms with Gasteiger partial charge in [-0.05, 0) is 43.0 Å². The molecule has 1 aliphatic heterocycles. The van der Waals surface area contributed by atoms with Gasteiger partial charge in [-0.3, -0.25) is 4.79 Å². The van der Waals surface area contributed by atoms with Crippen LogP contribution in [0.2, 0.25) is 0 Å². The molecule has 34 heavy (non-hydrogen) atoms. The molecule has 0 aromatic heterocycles. The van der Waals surface area contributed by atoms with Crippen LogP contribution < -0.4 is 14.8 Å². The number of benzene rings is 2. The molecule has 0 bridgehead atoms. The van der Waals surface area contributed by atoms with Crippen LogP contribution >= 0.6 is 0 Å². The van der Waals surface area contributed by atoms with Crippen LogP contribution in [-0.2, 0) is 20.9 Å². The molecule has 0 saturated carbocycles. The quantitative estimate of drug-likeness (QED) is 0.444. The Balaban J connectivity index is 1.72. The highest BCUT2D eigenvalue weighted by Gasteiger charge is 2.39. The second-order valence-corrected chi connectivity index (χ2v) is 8.34. The topological polar surface area (TPSA) is 73.9 Å². The van der Waals surface area contributed by atoms with E-state index in [2.05, 4.69) is 11.9 Å². The fraction of sp³-hybridized carbons (Fsp3) is 0.286. The van der Waals surface area contributed by atoms with E-state index in [4.69, 9.17) is 14.2 Å². The molecule has 1 atom stereocenters. The predicted molar refractivity (Wildman–Crippen MR) is 129 cm³/mol. The number of allylic oxidation sites excluding steroid dienone is 3. The molecule has 0 radical (unpaired) electrons. The summed E-state index contributed by atoms with van der Waals surface area (Å²) < 4.78 is 17.0. The molecule has 0 fully saturated rings. The molecular formula is C28H29NO5. The van der Waals surface area contributed by atoms with Crippen LogP contribution in [0.3, 0.4) is 0 Å². The van der Waals surface area contributed by atoms with Crippen molar-refractivity contribution in [2.24, 2.45) is 0 Å². The van der Waals surface area contributed by atoms with Gasteiger partial charge in [-0.1, -0.05) is 49.1 Å². The summed E-state index contributed by atoms with van der Waals surface area (Å²) in [6, 6.07) is 15.4. The van der Waals surface area contributed by atoms with Crippen LogP contribution in [0.1, 0.15) is 43.2 Å². The summed E-state index contributed by atoms with van der Waals surface area (Å²) in [5.74, 6) is 0.156. The molecule has 4 rings (SSSR count). The van der Waals surface area contributed by atoms with Gasteiger partial charge in [0.15, 0.2) is 17.3 Å². The summed E-state index contributed by atoms with van der Waals surface area (Å²) in [5.41, 5.74) is 4.44. The number of carbonyl (C=O) groups is 2. The molecule has 1 heterocycles. The Labute approximate surface area is 199 Å². The number of nitrogens with one attached hydrogen (secondary N) is 1. The summed E-state index contributed by atoms with van der Waals surface area (Å²) in [5, 5.41) is 3.29. The first kappa shape index (κ1) is 23.4. The highest BCUT2D eigenvalue weighted by Crippen LogP contribution is 2.44. The van der Waals surface area contributed by atoms with Crippen molar-refractivity contribution in [1.29, 1.82) is 0 Å². The molecule has 2 aromatic carbocycles. The van der Waals surface area contributed by atoms with E-state index in [-0.39, 0.29) is 12.4 Å². The van der Waals surface area contributed by atoms with Gasteiger partial charge >= 0.3 is 5.97 Å². The van der Waals surface area contributed by atoms with E-state index in [0.717, 1.165) is 29.7 Å². The minimum Gasteiger partial charge on any atom is -0.493 e. The molecule has 0 saturated heterocycles. The largest absolute Gasteiger partial charge is 0.493 e. The SMILES string of the molecule is C=CCOC(=O)C1=C(C)NC2=C(C(=O)CCC2)[C@@H]1c1ccc(OCc2ccccc2)c(OC)c1. The highest BCUT2D eigenvalue weighted by atomic mass is 16.5. The average molecular weight is 460 g/mol. The molecule has 176 valence electrons. The van der Waals surface area contributed by atoms with Crippen molar-refractivity contribution in [1.82, 2.24) is 5.32 Å². The standard InChI is InChI=1S/C28H29NO5/c1-4-15-33-28(31)25-18(2)29-21-11-8-12-22(30)27(21)26(25)20-13-14-23(24(16-20)32-3)34-17-19-9-6-5-7-10-19/h4-7,9-10,13-14,16,26,29H,1,8,11-12,15,17H2,2-3H3/t26-/m1/s1. The van der Waals surface area contributed by atoms with E-state index in [1.165, 1.54) is 6.08 Å². The first-order valence-corrected chi connectivity index (χ1v) is 11.4. The van der Waals surface area contributed by atoms with E-state index in [0.29, 0.717) is 41.4 Å². The number of hydrogen-bond acceptors (Lipinski definition) is 6. The summed E-state index contributed by atoms with van der Waals surface area (Å²) >= 11 is 0. The Hall–Kier alpha value is -3.80. The van der Waals surface area contributed by atoms with Crippen LogP contribution in [0.4, 0.5) is 0 Å². The van der Waals surface area contributed by atoms with Crippen molar-refractivity contribution >= 4 is 11.8 Å². The Morgan fingerprint density at radius 1 is 1.15 bits per heavy atom. The van der Waals surface area contributed by atoms with Crippen LogP contribution in [0.25, 0.3) is 0 Å². The second kappa shape index (κ2) is 10.4. The number of dihydropyridines is 1. The van der Waals surface area contributed by atoms with E-state index in [1.807, 2.05) is 55.5 Å². The molecule has 6 nitrogen and oxygen atoms in total. The predicted octanol–water partition coefficient (Wildman–Crippen LogP) is 4.97. The lowest BCUT2D eigenvalue weighted by molar-refractivity contribution is -0.138. The zero-order chi connectivity index (χ0) is 24.1. The van der Waals surface area contributed by atoms with Gasteiger partial charge in [0, 0.05) is 29.3 Å². The summed E-state index contributed by atoms with van der Waals surface area (Å²) in [6.45, 7) is 5.96. The van der Waals surface area contributed by atoms with Crippen LogP contribution in [0.5, 0.6) is 11.5 Å². The van der Waals surface area contributed by atoms with Crippen molar-refractivity contribution < 1.29 is 23.8 Å². The monoisotopic (exact) mass is 459 g/mol. The summed E-state index contributed by atoms with van der Waals surface area (Å²) in [7, 11) is 1.58. The number of rotatable bonds is 8. The molecule has 6 heteroatoms. The zero-order valence-corrected chi connectivity index (χ0v) is 19.6. The van der Waals surface area contributed by atoms with Crippen LogP contribution in [0.15, 0.2) is 83.7 Å². The van der Waals surface area contributed by atoms with E-state index in [9.17, 15) is 9.59 Å². The third kappa shape index (κ3) is 4.76. The van der Waals surface area contributed by atoms with E-state index < -0.39 is 11.9 Å². The van der Waals surface area contributed by atoms with Crippen molar-refractivity contribution in [2.75, 3.05) is 13.7 Å². The van der Waals surface area contributed by atoms with Crippen molar-refractivity contribution in [2.45, 2.75) is 38.7 Å². The van der Waals surface area contributed by atoms with Gasteiger partial charge in [-0.15, -0.1) is 0 Å². The maximum atomic E-state index is 13.1. The molecule has 0 spiro atoms. The number of ketones is 1. The molecule has 2 aromatic rings. The molecule has 1 aliphatic carbocycles. The number of hydrogen-bond donors (Lipinski definition) is 1. The van der Waals surface area contributed by atoms with E-state index >= 15 is 0 Å². The molecular weight excluding hydrogens is 430 g/mol. The van der Waals surface area contributed by atoms with Gasteiger partial charge in [-0.2, -0.15) is 0 Å². The first-order chi connectivity index (χ1) is 16.5. The maximum Gasteiger partial charge on any atom is 0.337 e. The maximum absolute atomic E-state index is 13.1. The fourth-order valence-corrected chi connectivity index (χ4v) is 4.52. The van der Waals surface area contributed by atoms with Crippen molar-refractivity contribution in [3.63, 3.8) is 0 Å². The van der Waals surface area contributed by atoms with Crippen molar-refractivity contribution in [3.8, 4) is 11.5 Å². The van der Waals surface area contributed by atoms with Crippen LogP contribution in [0, 0.1) is 0 Å². The average Bonchev–Trinajstić information content (AvgIpc) is 2.86. The number of Topliss-reactive ketones (excluding diaryl/α,β-unsaturated/α-hetero) is 1. The van der Waals surface area contributed by atoms with Gasteiger partial charge < -0.3 is 19.5 Å². The normalized spacial score (nSPS) is 17.6. The van der Waals surface area contributed by atoms with E-state index in [1.54, 1.807) is 7.11 Å². The molecule has 0 amide bonds. The number of esters is 1. The lowest BCUT2D eigenvalue weighted by Gasteiger charge is -2.34. The zero-order valence-electron chi connectivity index (χ0n) is 19.6. The fourth-order valence-electron chi connectivity index (χ4n) is 4.52. The smallest absolute Gasteiger partial charge is 0.337 e.